The van der Waals surface area contributed by atoms with Gasteiger partial charge in [0.15, 0.2) is 0 Å². The summed E-state index contributed by atoms with van der Waals surface area (Å²) in [5, 5.41) is 24.0. The molecule has 2 aliphatic carbocycles. The molecule has 0 saturated heterocycles. The second-order valence-electron chi connectivity index (χ2n) is 7.24. The van der Waals surface area contributed by atoms with E-state index in [0.717, 1.165) is 31.2 Å². The lowest BCUT2D eigenvalue weighted by Gasteiger charge is -2.29. The molecule has 2 saturated carbocycles. The van der Waals surface area contributed by atoms with Crippen molar-refractivity contribution in [2.75, 3.05) is 0 Å². The molecule has 1 amide bonds. The maximum atomic E-state index is 10.7. The molecule has 0 bridgehead atoms. The van der Waals surface area contributed by atoms with E-state index in [1.807, 2.05) is 24.3 Å². The van der Waals surface area contributed by atoms with E-state index >= 15 is 0 Å². The van der Waals surface area contributed by atoms with Gasteiger partial charge in [0.1, 0.15) is 0 Å². The minimum Gasteiger partial charge on any atom is -0.465 e. The number of nitrogens with zero attached hydrogens (tertiary/aromatic N) is 1. The predicted molar refractivity (Wildman–Crippen MR) is 97.0 cm³/mol. The molecular weight excluding hydrogens is 314 g/mol. The minimum atomic E-state index is -0.915. The third-order valence-corrected chi connectivity index (χ3v) is 5.31. The van der Waals surface area contributed by atoms with E-state index in [2.05, 4.69) is 29.7 Å². The molecule has 5 heteroatoms. The van der Waals surface area contributed by atoms with Crippen LogP contribution < -0.4 is 10.6 Å². The number of benzene rings is 1. The van der Waals surface area contributed by atoms with E-state index in [0.29, 0.717) is 23.6 Å². The Bertz CT molecular complexity index is 682. The van der Waals surface area contributed by atoms with Crippen molar-refractivity contribution in [1.29, 1.82) is 5.26 Å². The number of carbonyl (C=O) groups is 1. The molecule has 1 aromatic rings. The maximum Gasteiger partial charge on any atom is 0.404 e. The number of hydrogen-bond donors (Lipinski definition) is 3. The zero-order chi connectivity index (χ0) is 17.8. The first-order valence-corrected chi connectivity index (χ1v) is 8.99. The van der Waals surface area contributed by atoms with Gasteiger partial charge in [0, 0.05) is 18.1 Å². The molecule has 2 unspecified atom stereocenters. The number of nitriles is 1. The van der Waals surface area contributed by atoms with Crippen molar-refractivity contribution in [2.45, 2.75) is 57.2 Å². The van der Waals surface area contributed by atoms with Gasteiger partial charge in [0.05, 0.1) is 11.6 Å². The molecule has 2 fully saturated rings. The van der Waals surface area contributed by atoms with Crippen LogP contribution in [0.3, 0.4) is 0 Å². The van der Waals surface area contributed by atoms with Crippen LogP contribution in [-0.2, 0) is 0 Å². The lowest BCUT2D eigenvalue weighted by Crippen LogP contribution is -2.42. The van der Waals surface area contributed by atoms with Gasteiger partial charge in [-0.3, -0.25) is 0 Å². The molecule has 0 spiro atoms. The fourth-order valence-electron chi connectivity index (χ4n) is 3.79. The van der Waals surface area contributed by atoms with Crippen LogP contribution in [0.25, 0.3) is 6.08 Å². The molecule has 2 aliphatic rings. The molecule has 25 heavy (non-hydrogen) atoms. The molecule has 0 aromatic heterocycles. The average molecular weight is 339 g/mol. The van der Waals surface area contributed by atoms with Gasteiger partial charge < -0.3 is 15.7 Å². The van der Waals surface area contributed by atoms with Gasteiger partial charge in [-0.1, -0.05) is 23.8 Å². The fourth-order valence-corrected chi connectivity index (χ4v) is 3.79. The smallest absolute Gasteiger partial charge is 0.404 e. The quantitative estimate of drug-likeness (QED) is 0.766. The Hall–Kier alpha value is -2.32. The zero-order valence-electron chi connectivity index (χ0n) is 14.5. The summed E-state index contributed by atoms with van der Waals surface area (Å²) in [6.07, 6.45) is 6.37. The van der Waals surface area contributed by atoms with Gasteiger partial charge in [-0.25, -0.2) is 4.79 Å². The summed E-state index contributed by atoms with van der Waals surface area (Å²) in [7, 11) is 0. The summed E-state index contributed by atoms with van der Waals surface area (Å²) in [6, 6.07) is 11.0. The van der Waals surface area contributed by atoms with Crippen molar-refractivity contribution in [1.82, 2.24) is 10.6 Å². The molecular formula is C20H25N3O2. The first-order valence-electron chi connectivity index (χ1n) is 8.99. The van der Waals surface area contributed by atoms with Crippen molar-refractivity contribution in [3.05, 3.63) is 41.0 Å². The monoisotopic (exact) mass is 339 g/mol. The summed E-state index contributed by atoms with van der Waals surface area (Å²) in [5.41, 5.74) is 3.21. The van der Waals surface area contributed by atoms with Gasteiger partial charge in [0.25, 0.3) is 0 Å². The Morgan fingerprint density at radius 3 is 2.44 bits per heavy atom. The van der Waals surface area contributed by atoms with E-state index in [4.69, 9.17) is 10.4 Å². The Balaban J connectivity index is 1.45. The molecule has 0 radical (unpaired) electrons. The summed E-state index contributed by atoms with van der Waals surface area (Å²) in [5.74, 6) is 0.588. The SMILES string of the molecule is C/C(=C\c1ccc(C#N)cc1)C1CC1NC1CCC(NC(=O)O)CC1. The van der Waals surface area contributed by atoms with Gasteiger partial charge in [0.2, 0.25) is 0 Å². The Morgan fingerprint density at radius 2 is 1.84 bits per heavy atom. The Labute approximate surface area is 148 Å². The number of nitrogens with one attached hydrogen (secondary N) is 2. The molecule has 0 aliphatic heterocycles. The highest BCUT2D eigenvalue weighted by Crippen LogP contribution is 2.39. The third-order valence-electron chi connectivity index (χ3n) is 5.31. The minimum absolute atomic E-state index is 0.114. The van der Waals surface area contributed by atoms with E-state index in [-0.39, 0.29) is 6.04 Å². The average Bonchev–Trinajstić information content (AvgIpc) is 3.36. The second kappa shape index (κ2) is 7.71. The highest BCUT2D eigenvalue weighted by Gasteiger charge is 2.39. The molecule has 3 N–H and O–H groups in total. The van der Waals surface area contributed by atoms with Crippen LogP contribution in [0, 0.1) is 17.2 Å². The molecule has 5 nitrogen and oxygen atoms in total. The Morgan fingerprint density at radius 1 is 1.20 bits per heavy atom. The lowest BCUT2D eigenvalue weighted by molar-refractivity contribution is 0.183. The standard InChI is InChI=1S/C20H25N3O2/c1-13(10-14-2-4-15(12-21)5-3-14)18-11-19(18)22-16-6-8-17(9-7-16)23-20(24)25/h2-5,10,16-19,22-23H,6-9,11H2,1H3,(H,24,25)/b13-10+. The number of carboxylic acid groups (broad SMARTS) is 1. The van der Waals surface area contributed by atoms with Crippen LogP contribution in [0.4, 0.5) is 4.79 Å². The zero-order valence-corrected chi connectivity index (χ0v) is 14.5. The maximum absolute atomic E-state index is 10.7. The van der Waals surface area contributed by atoms with E-state index in [1.54, 1.807) is 0 Å². The van der Waals surface area contributed by atoms with Crippen LogP contribution in [0.1, 0.15) is 50.2 Å². The van der Waals surface area contributed by atoms with Crippen molar-refractivity contribution in [3.8, 4) is 6.07 Å². The summed E-state index contributed by atoms with van der Waals surface area (Å²) in [6.45, 7) is 2.18. The highest BCUT2D eigenvalue weighted by atomic mass is 16.4. The van der Waals surface area contributed by atoms with Crippen LogP contribution in [-0.4, -0.2) is 29.3 Å². The van der Waals surface area contributed by atoms with Gasteiger partial charge in [-0.05, 0) is 62.6 Å². The van der Waals surface area contributed by atoms with E-state index in [1.165, 1.54) is 12.0 Å². The largest absolute Gasteiger partial charge is 0.465 e. The van der Waals surface area contributed by atoms with Crippen molar-refractivity contribution in [2.24, 2.45) is 5.92 Å². The molecule has 3 rings (SSSR count). The Kier molecular flexibility index (Phi) is 5.40. The molecule has 2 atom stereocenters. The van der Waals surface area contributed by atoms with Crippen molar-refractivity contribution in [3.63, 3.8) is 0 Å². The number of rotatable bonds is 5. The van der Waals surface area contributed by atoms with Gasteiger partial charge in [-0.15, -0.1) is 0 Å². The lowest BCUT2D eigenvalue weighted by atomic mass is 9.91. The summed E-state index contributed by atoms with van der Waals surface area (Å²) < 4.78 is 0. The summed E-state index contributed by atoms with van der Waals surface area (Å²) >= 11 is 0. The second-order valence-corrected chi connectivity index (χ2v) is 7.24. The molecule has 1 aromatic carbocycles. The first kappa shape index (κ1) is 17.5. The van der Waals surface area contributed by atoms with Crippen molar-refractivity contribution < 1.29 is 9.90 Å². The molecule has 132 valence electrons. The molecule has 0 heterocycles. The van der Waals surface area contributed by atoms with Gasteiger partial charge >= 0.3 is 6.09 Å². The van der Waals surface area contributed by atoms with Gasteiger partial charge in [-0.2, -0.15) is 5.26 Å². The highest BCUT2D eigenvalue weighted by molar-refractivity contribution is 5.64. The fraction of sp³-hybridized carbons (Fsp3) is 0.500. The van der Waals surface area contributed by atoms with Crippen LogP contribution >= 0.6 is 0 Å². The number of hydrogen-bond acceptors (Lipinski definition) is 3. The van der Waals surface area contributed by atoms with E-state index in [9.17, 15) is 4.79 Å². The van der Waals surface area contributed by atoms with Crippen molar-refractivity contribution >= 4 is 12.2 Å². The third kappa shape index (κ3) is 4.83. The van der Waals surface area contributed by atoms with Crippen LogP contribution in [0.15, 0.2) is 29.8 Å². The van der Waals surface area contributed by atoms with Crippen LogP contribution in [0.5, 0.6) is 0 Å². The summed E-state index contributed by atoms with van der Waals surface area (Å²) in [4.78, 5) is 10.7. The van der Waals surface area contributed by atoms with E-state index < -0.39 is 6.09 Å². The number of amides is 1. The normalized spacial score (nSPS) is 28.9. The first-order chi connectivity index (χ1) is 12.0. The predicted octanol–water partition coefficient (Wildman–Crippen LogP) is 3.52. The van der Waals surface area contributed by atoms with Crippen LogP contribution in [0.2, 0.25) is 0 Å². The topological polar surface area (TPSA) is 85.2 Å².